The van der Waals surface area contributed by atoms with Crippen molar-refractivity contribution in [3.8, 4) is 0 Å². The van der Waals surface area contributed by atoms with Gasteiger partial charge in [0.05, 0.1) is 6.61 Å². The molecule has 5 heteroatoms. The molecule has 1 aliphatic heterocycles. The van der Waals surface area contributed by atoms with Gasteiger partial charge in [-0.25, -0.2) is 9.97 Å². The van der Waals surface area contributed by atoms with E-state index in [-0.39, 0.29) is 0 Å². The molecule has 2 heterocycles. The third-order valence-corrected chi connectivity index (χ3v) is 3.85. The zero-order valence-corrected chi connectivity index (χ0v) is 13.3. The predicted molar refractivity (Wildman–Crippen MR) is 80.5 cm³/mol. The number of aromatic nitrogens is 2. The molecule has 0 saturated carbocycles. The van der Waals surface area contributed by atoms with Crippen molar-refractivity contribution in [3.05, 3.63) is 16.5 Å². The van der Waals surface area contributed by atoms with Crippen molar-refractivity contribution in [1.29, 1.82) is 0 Å². The van der Waals surface area contributed by atoms with Gasteiger partial charge in [-0.05, 0) is 41.1 Å². The Morgan fingerprint density at radius 1 is 1.47 bits per heavy atom. The second-order valence-electron chi connectivity index (χ2n) is 5.12. The standard InChI is InChI=1S/C14H22BrN3O/c1-3-5-13-16-12(15)8-14(17-13)18-7-4-6-11(9-18)10-19-2/h8,11H,3-7,9-10H2,1-2H3. The fraction of sp³-hybridized carbons (Fsp3) is 0.714. The Balaban J connectivity index is 2.11. The molecular weight excluding hydrogens is 306 g/mol. The largest absolute Gasteiger partial charge is 0.384 e. The van der Waals surface area contributed by atoms with Crippen LogP contribution in [-0.2, 0) is 11.2 Å². The van der Waals surface area contributed by atoms with Crippen molar-refractivity contribution in [1.82, 2.24) is 9.97 Å². The molecule has 0 N–H and O–H groups in total. The Labute approximate surface area is 123 Å². The molecule has 106 valence electrons. The van der Waals surface area contributed by atoms with Crippen molar-refractivity contribution >= 4 is 21.7 Å². The maximum Gasteiger partial charge on any atom is 0.133 e. The highest BCUT2D eigenvalue weighted by molar-refractivity contribution is 9.10. The molecule has 1 saturated heterocycles. The van der Waals surface area contributed by atoms with E-state index in [1.165, 1.54) is 12.8 Å². The first-order chi connectivity index (χ1) is 9.22. The van der Waals surface area contributed by atoms with Crippen LogP contribution < -0.4 is 4.90 Å². The van der Waals surface area contributed by atoms with Gasteiger partial charge in [0.15, 0.2) is 0 Å². The molecule has 4 nitrogen and oxygen atoms in total. The van der Waals surface area contributed by atoms with E-state index in [1.807, 2.05) is 6.07 Å². The topological polar surface area (TPSA) is 38.2 Å². The summed E-state index contributed by atoms with van der Waals surface area (Å²) in [6.45, 7) is 5.10. The summed E-state index contributed by atoms with van der Waals surface area (Å²) in [5, 5.41) is 0. The van der Waals surface area contributed by atoms with E-state index >= 15 is 0 Å². The summed E-state index contributed by atoms with van der Waals surface area (Å²) in [7, 11) is 1.78. The number of halogens is 1. The highest BCUT2D eigenvalue weighted by Crippen LogP contribution is 2.24. The van der Waals surface area contributed by atoms with Crippen molar-refractivity contribution in [2.45, 2.75) is 32.6 Å². The molecule has 0 aliphatic carbocycles. The van der Waals surface area contributed by atoms with E-state index in [9.17, 15) is 0 Å². The third-order valence-electron chi connectivity index (χ3n) is 3.45. The second-order valence-corrected chi connectivity index (χ2v) is 5.94. The van der Waals surface area contributed by atoms with Crippen LogP contribution in [0.3, 0.4) is 0 Å². The number of rotatable bonds is 5. The molecule has 0 aromatic carbocycles. The molecule has 1 atom stereocenters. The molecule has 0 amide bonds. The Hall–Kier alpha value is -0.680. The molecular formula is C14H22BrN3O. The van der Waals surface area contributed by atoms with Gasteiger partial charge >= 0.3 is 0 Å². The summed E-state index contributed by atoms with van der Waals surface area (Å²) in [4.78, 5) is 11.5. The minimum absolute atomic E-state index is 0.613. The van der Waals surface area contributed by atoms with Crippen LogP contribution >= 0.6 is 15.9 Å². The Kier molecular flexibility index (Phi) is 5.58. The minimum Gasteiger partial charge on any atom is -0.384 e. The molecule has 0 spiro atoms. The molecule has 19 heavy (non-hydrogen) atoms. The molecule has 1 aromatic heterocycles. The fourth-order valence-electron chi connectivity index (χ4n) is 2.59. The van der Waals surface area contributed by atoms with Gasteiger partial charge in [-0.1, -0.05) is 6.92 Å². The van der Waals surface area contributed by atoms with Gasteiger partial charge in [0.1, 0.15) is 16.2 Å². The number of ether oxygens (including phenoxy) is 1. The van der Waals surface area contributed by atoms with Crippen molar-refractivity contribution < 1.29 is 4.74 Å². The van der Waals surface area contributed by atoms with Gasteiger partial charge in [0.2, 0.25) is 0 Å². The molecule has 1 aromatic rings. The van der Waals surface area contributed by atoms with E-state index < -0.39 is 0 Å². The molecule has 1 fully saturated rings. The van der Waals surface area contributed by atoms with Crippen LogP contribution in [0, 0.1) is 5.92 Å². The fourth-order valence-corrected chi connectivity index (χ4v) is 3.00. The first-order valence-electron chi connectivity index (χ1n) is 7.00. The van der Waals surface area contributed by atoms with E-state index in [1.54, 1.807) is 7.11 Å². The predicted octanol–water partition coefficient (Wildman–Crippen LogP) is 3.05. The maximum atomic E-state index is 5.28. The van der Waals surface area contributed by atoms with Crippen molar-refractivity contribution in [3.63, 3.8) is 0 Å². The van der Waals surface area contributed by atoms with Gasteiger partial charge in [0.25, 0.3) is 0 Å². The summed E-state index contributed by atoms with van der Waals surface area (Å²) < 4.78 is 6.17. The number of hydrogen-bond acceptors (Lipinski definition) is 4. The molecule has 0 radical (unpaired) electrons. The molecule has 0 bridgehead atoms. The smallest absolute Gasteiger partial charge is 0.133 e. The van der Waals surface area contributed by atoms with Gasteiger partial charge in [0, 0.05) is 32.7 Å². The van der Waals surface area contributed by atoms with Crippen LogP contribution in [0.25, 0.3) is 0 Å². The van der Waals surface area contributed by atoms with Gasteiger partial charge < -0.3 is 9.64 Å². The van der Waals surface area contributed by atoms with Crippen LogP contribution in [-0.4, -0.2) is 36.8 Å². The molecule has 2 rings (SSSR count). The SMILES string of the molecule is CCCc1nc(Br)cc(N2CCCC(COC)C2)n1. The summed E-state index contributed by atoms with van der Waals surface area (Å²) in [5.41, 5.74) is 0. The first-order valence-corrected chi connectivity index (χ1v) is 7.79. The summed E-state index contributed by atoms with van der Waals surface area (Å²) >= 11 is 3.49. The van der Waals surface area contributed by atoms with E-state index in [0.29, 0.717) is 5.92 Å². The van der Waals surface area contributed by atoms with Crippen LogP contribution in [0.1, 0.15) is 32.0 Å². The number of nitrogens with zero attached hydrogens (tertiary/aromatic N) is 3. The van der Waals surface area contributed by atoms with Gasteiger partial charge in [-0.3, -0.25) is 0 Å². The Morgan fingerprint density at radius 2 is 2.32 bits per heavy atom. The number of methoxy groups -OCH3 is 1. The third kappa shape index (κ3) is 4.14. The summed E-state index contributed by atoms with van der Waals surface area (Å²) in [6.07, 6.45) is 4.46. The lowest BCUT2D eigenvalue weighted by Crippen LogP contribution is -2.37. The highest BCUT2D eigenvalue weighted by Gasteiger charge is 2.21. The average Bonchev–Trinajstić information content (AvgIpc) is 2.39. The Bertz CT molecular complexity index is 412. The van der Waals surface area contributed by atoms with E-state index in [2.05, 4.69) is 37.7 Å². The second kappa shape index (κ2) is 7.20. The Morgan fingerprint density at radius 3 is 3.05 bits per heavy atom. The van der Waals surface area contributed by atoms with Crippen LogP contribution in [0.5, 0.6) is 0 Å². The summed E-state index contributed by atoms with van der Waals surface area (Å²) in [6, 6.07) is 2.02. The molecule has 1 unspecified atom stereocenters. The zero-order chi connectivity index (χ0) is 13.7. The number of hydrogen-bond donors (Lipinski definition) is 0. The monoisotopic (exact) mass is 327 g/mol. The number of anilines is 1. The van der Waals surface area contributed by atoms with Gasteiger partial charge in [-0.2, -0.15) is 0 Å². The van der Waals surface area contributed by atoms with Crippen LogP contribution in [0.4, 0.5) is 5.82 Å². The van der Waals surface area contributed by atoms with E-state index in [0.717, 1.165) is 48.8 Å². The van der Waals surface area contributed by atoms with Gasteiger partial charge in [-0.15, -0.1) is 0 Å². The van der Waals surface area contributed by atoms with Crippen LogP contribution in [0.15, 0.2) is 10.7 Å². The normalized spacial score (nSPS) is 19.7. The average molecular weight is 328 g/mol. The lowest BCUT2D eigenvalue weighted by atomic mass is 9.99. The minimum atomic E-state index is 0.613. The van der Waals surface area contributed by atoms with Crippen LogP contribution in [0.2, 0.25) is 0 Å². The molecule has 1 aliphatic rings. The number of piperidine rings is 1. The van der Waals surface area contributed by atoms with Crippen molar-refractivity contribution in [2.75, 3.05) is 31.7 Å². The maximum absolute atomic E-state index is 5.28. The highest BCUT2D eigenvalue weighted by atomic mass is 79.9. The zero-order valence-electron chi connectivity index (χ0n) is 11.7. The first kappa shape index (κ1) is 14.7. The lowest BCUT2D eigenvalue weighted by molar-refractivity contribution is 0.143. The lowest BCUT2D eigenvalue weighted by Gasteiger charge is -2.33. The quantitative estimate of drug-likeness (QED) is 0.779. The summed E-state index contributed by atoms with van der Waals surface area (Å²) in [5.74, 6) is 2.59. The van der Waals surface area contributed by atoms with E-state index in [4.69, 9.17) is 4.74 Å². The number of aryl methyl sites for hydroxylation is 1. The van der Waals surface area contributed by atoms with Crippen molar-refractivity contribution in [2.24, 2.45) is 5.92 Å².